The summed E-state index contributed by atoms with van der Waals surface area (Å²) in [4.78, 5) is 9.11. The maximum atomic E-state index is 8.55. The zero-order chi connectivity index (χ0) is 21.5. The first-order valence-corrected chi connectivity index (χ1v) is 11.1. The van der Waals surface area contributed by atoms with E-state index >= 15 is 0 Å². The monoisotopic (exact) mass is 451 g/mol. The van der Waals surface area contributed by atoms with Crippen LogP contribution in [0, 0.1) is 5.41 Å². The van der Waals surface area contributed by atoms with Crippen molar-refractivity contribution in [1.29, 1.82) is 5.41 Å². The van der Waals surface area contributed by atoms with Gasteiger partial charge in [0.15, 0.2) is 11.5 Å². The van der Waals surface area contributed by atoms with Crippen LogP contribution in [-0.2, 0) is 12.2 Å². The highest BCUT2D eigenvalue weighted by atomic mass is 32.1. The van der Waals surface area contributed by atoms with Gasteiger partial charge >= 0.3 is 0 Å². The third kappa shape index (κ3) is 3.15. The highest BCUT2D eigenvalue weighted by Gasteiger charge is 2.45. The van der Waals surface area contributed by atoms with E-state index in [0.717, 1.165) is 44.2 Å². The van der Waals surface area contributed by atoms with Crippen LogP contribution in [0.5, 0.6) is 0 Å². The van der Waals surface area contributed by atoms with Crippen molar-refractivity contribution in [3.05, 3.63) is 71.1 Å². The molecule has 11 nitrogen and oxygen atoms in total. The van der Waals surface area contributed by atoms with Crippen LogP contribution in [0.3, 0.4) is 0 Å². The number of hydrogen-bond donors (Lipinski definition) is 3. The molecule has 6 heterocycles. The maximum absolute atomic E-state index is 8.55. The maximum Gasteiger partial charge on any atom is 0.244 e. The van der Waals surface area contributed by atoms with Crippen LogP contribution in [0.25, 0.3) is 0 Å². The van der Waals surface area contributed by atoms with Crippen LogP contribution in [0.1, 0.15) is 17.2 Å². The van der Waals surface area contributed by atoms with Crippen molar-refractivity contribution < 1.29 is 8.83 Å². The first kappa shape index (κ1) is 19.1. The van der Waals surface area contributed by atoms with Gasteiger partial charge in [0.25, 0.3) is 0 Å². The molecular formula is C20H21N9O2S. The summed E-state index contributed by atoms with van der Waals surface area (Å²) in [5.41, 5.74) is 3.45. The zero-order valence-corrected chi connectivity index (χ0v) is 17.9. The number of aromatic nitrogens is 4. The summed E-state index contributed by atoms with van der Waals surface area (Å²) >= 11 is 1.38. The Labute approximate surface area is 186 Å². The molecule has 2 aliphatic rings. The molecule has 6 rings (SSSR count). The third-order valence-electron chi connectivity index (χ3n) is 5.80. The van der Waals surface area contributed by atoms with E-state index in [1.807, 2.05) is 35.7 Å². The molecule has 0 aliphatic carbocycles. The first-order chi connectivity index (χ1) is 15.7. The van der Waals surface area contributed by atoms with Crippen LogP contribution in [-0.4, -0.2) is 50.3 Å². The number of piperazine rings is 1. The number of rotatable bonds is 5. The molecule has 4 aromatic rings. The minimum absolute atomic E-state index is 0.0981. The summed E-state index contributed by atoms with van der Waals surface area (Å²) in [6, 6.07) is 9.33. The van der Waals surface area contributed by atoms with Gasteiger partial charge < -0.3 is 19.1 Å². The molecule has 1 saturated heterocycles. The topological polar surface area (TPSA) is 124 Å². The molecule has 4 aromatic heterocycles. The summed E-state index contributed by atoms with van der Waals surface area (Å²) in [5.74, 6) is 2.73. The first-order valence-electron chi connectivity index (χ1n) is 10.3. The highest BCUT2D eigenvalue weighted by Crippen LogP contribution is 2.37. The fourth-order valence-corrected chi connectivity index (χ4v) is 4.64. The molecule has 0 bridgehead atoms. The van der Waals surface area contributed by atoms with Crippen molar-refractivity contribution in [2.45, 2.75) is 12.2 Å². The smallest absolute Gasteiger partial charge is 0.244 e. The average Bonchev–Trinajstić information content (AvgIpc) is 3.61. The lowest BCUT2D eigenvalue weighted by Crippen LogP contribution is -2.47. The Bertz CT molecular complexity index is 1210. The molecule has 2 aliphatic heterocycles. The Morgan fingerprint density at radius 3 is 2.47 bits per heavy atom. The number of nitrogens with zero attached hydrogens (tertiary/aromatic N) is 6. The zero-order valence-electron chi connectivity index (χ0n) is 17.1. The summed E-state index contributed by atoms with van der Waals surface area (Å²) in [5, 5.41) is 18.1. The van der Waals surface area contributed by atoms with E-state index in [1.165, 1.54) is 11.5 Å². The Morgan fingerprint density at radius 2 is 1.84 bits per heavy atom. The van der Waals surface area contributed by atoms with Gasteiger partial charge in [0.05, 0.1) is 18.2 Å². The highest BCUT2D eigenvalue weighted by molar-refractivity contribution is 7.03. The van der Waals surface area contributed by atoms with Gasteiger partial charge in [-0.25, -0.2) is 4.68 Å². The van der Waals surface area contributed by atoms with Gasteiger partial charge in [-0.05, 0) is 35.8 Å². The molecule has 32 heavy (non-hydrogen) atoms. The molecule has 0 unspecified atom stereocenters. The fraction of sp³-hybridized carbons (Fsp3) is 0.300. The van der Waals surface area contributed by atoms with Crippen molar-refractivity contribution >= 4 is 23.2 Å². The second-order valence-corrected chi connectivity index (χ2v) is 8.37. The normalized spacial score (nSPS) is 17.7. The molecule has 0 atom stereocenters. The lowest BCUT2D eigenvalue weighted by atomic mass is 10.1. The molecule has 1 fully saturated rings. The Balaban J connectivity index is 1.25. The summed E-state index contributed by atoms with van der Waals surface area (Å²) in [7, 11) is 0. The van der Waals surface area contributed by atoms with Crippen LogP contribution in [0.15, 0.2) is 57.1 Å². The third-order valence-corrected chi connectivity index (χ3v) is 6.36. The second kappa shape index (κ2) is 7.50. The van der Waals surface area contributed by atoms with Crippen molar-refractivity contribution in [2.24, 2.45) is 0 Å². The minimum atomic E-state index is -0.962. The average molecular weight is 452 g/mol. The van der Waals surface area contributed by atoms with E-state index in [0.29, 0.717) is 17.3 Å². The largest absolute Gasteiger partial charge is 0.464 e. The molecule has 0 amide bonds. The van der Waals surface area contributed by atoms with Crippen molar-refractivity contribution in [3.63, 3.8) is 0 Å². The summed E-state index contributed by atoms with van der Waals surface area (Å²) in [6.45, 7) is 4.24. The van der Waals surface area contributed by atoms with E-state index in [2.05, 4.69) is 35.1 Å². The molecule has 164 valence electrons. The van der Waals surface area contributed by atoms with Gasteiger partial charge in [0.1, 0.15) is 11.6 Å². The molecule has 3 N–H and O–H groups in total. The number of furan rings is 2. The molecule has 0 aromatic carbocycles. The van der Waals surface area contributed by atoms with Gasteiger partial charge in [-0.1, -0.05) is 4.49 Å². The van der Waals surface area contributed by atoms with Crippen molar-refractivity contribution in [2.75, 3.05) is 41.8 Å². The van der Waals surface area contributed by atoms with E-state index in [1.54, 1.807) is 17.2 Å². The van der Waals surface area contributed by atoms with E-state index in [-0.39, 0.29) is 5.62 Å². The van der Waals surface area contributed by atoms with E-state index < -0.39 is 5.66 Å². The van der Waals surface area contributed by atoms with Gasteiger partial charge in [0.2, 0.25) is 11.3 Å². The Kier molecular flexibility index (Phi) is 4.47. The summed E-state index contributed by atoms with van der Waals surface area (Å²) in [6.07, 6.45) is 3.23. The number of nitrogens with one attached hydrogen (secondary N) is 3. The Hall–Kier alpha value is -3.64. The predicted molar refractivity (Wildman–Crippen MR) is 117 cm³/mol. The fourth-order valence-electron chi connectivity index (χ4n) is 4.20. The number of anilines is 2. The molecule has 0 saturated carbocycles. The van der Waals surface area contributed by atoms with E-state index in [9.17, 15) is 0 Å². The quantitative estimate of drug-likeness (QED) is 0.415. The predicted octanol–water partition coefficient (Wildman–Crippen LogP) is 1.59. The van der Waals surface area contributed by atoms with Crippen molar-refractivity contribution in [1.82, 2.24) is 24.1 Å². The van der Waals surface area contributed by atoms with Crippen LogP contribution in [0.4, 0.5) is 11.6 Å². The van der Waals surface area contributed by atoms with Crippen molar-refractivity contribution in [3.8, 4) is 0 Å². The second-order valence-electron chi connectivity index (χ2n) is 7.76. The molecular weight excluding hydrogens is 430 g/mol. The van der Waals surface area contributed by atoms with Gasteiger partial charge in [0, 0.05) is 44.2 Å². The number of fused-ring (bicyclic) bond motifs is 1. The van der Waals surface area contributed by atoms with Gasteiger partial charge in [-0.2, -0.15) is 4.98 Å². The van der Waals surface area contributed by atoms with Gasteiger partial charge in [-0.3, -0.25) is 15.7 Å². The van der Waals surface area contributed by atoms with Crippen LogP contribution < -0.4 is 21.3 Å². The SMILES string of the molecule is N=c1nc(N2CCN(Cc3csnn3)CC2)cc2n1NC(c1ccco1)(c1ccco1)N2. The standard InChI is InChI=1S/C20H21N9O2S/c21-19-22-17(28-7-5-27(6-8-28)12-14-13-32-26-24-14)11-18-23-20(25-29(18)19,15-3-1-9-30-15)16-4-2-10-31-16/h1-4,9-11,13,21,23,25H,5-8,12H2. The number of hydrogen-bond acceptors (Lipinski definition) is 11. The molecule has 0 radical (unpaired) electrons. The molecule has 12 heteroatoms. The lowest BCUT2D eigenvalue weighted by molar-refractivity contribution is 0.246. The van der Waals surface area contributed by atoms with Crippen LogP contribution in [0.2, 0.25) is 0 Å². The molecule has 0 spiro atoms. The summed E-state index contributed by atoms with van der Waals surface area (Å²) < 4.78 is 17.0. The van der Waals surface area contributed by atoms with Gasteiger partial charge in [-0.15, -0.1) is 5.10 Å². The minimum Gasteiger partial charge on any atom is -0.464 e. The van der Waals surface area contributed by atoms with Crippen LogP contribution >= 0.6 is 11.5 Å². The Morgan fingerprint density at radius 1 is 1.09 bits per heavy atom. The van der Waals surface area contributed by atoms with E-state index in [4.69, 9.17) is 14.2 Å². The lowest BCUT2D eigenvalue weighted by Gasteiger charge is -2.35.